The lowest BCUT2D eigenvalue weighted by Gasteiger charge is -2.25. The average Bonchev–Trinajstić information content (AvgIpc) is 2.27. The zero-order valence-electron chi connectivity index (χ0n) is 10.0. The molecule has 0 N–H and O–H groups in total. The highest BCUT2D eigenvalue weighted by atomic mass is 15.1. The van der Waals surface area contributed by atoms with Gasteiger partial charge >= 0.3 is 0 Å². The van der Waals surface area contributed by atoms with E-state index < -0.39 is 0 Å². The van der Waals surface area contributed by atoms with Crippen LogP contribution in [-0.2, 0) is 0 Å². The van der Waals surface area contributed by atoms with Crippen LogP contribution in [0, 0.1) is 18.3 Å². The lowest BCUT2D eigenvalue weighted by Crippen LogP contribution is -2.21. The van der Waals surface area contributed by atoms with E-state index >= 15 is 0 Å². The van der Waals surface area contributed by atoms with E-state index in [0.717, 1.165) is 24.4 Å². The monoisotopic (exact) mass is 214 g/mol. The first-order valence-electron chi connectivity index (χ1n) is 5.58. The minimum absolute atomic E-state index is 0.529. The number of nitrogens with zero attached hydrogens (tertiary/aromatic N) is 2. The van der Waals surface area contributed by atoms with Gasteiger partial charge in [0.15, 0.2) is 0 Å². The summed E-state index contributed by atoms with van der Waals surface area (Å²) >= 11 is 0. The van der Waals surface area contributed by atoms with Crippen LogP contribution in [0.4, 0.5) is 5.69 Å². The molecule has 0 saturated carbocycles. The second kappa shape index (κ2) is 5.97. The third kappa shape index (κ3) is 3.13. The van der Waals surface area contributed by atoms with Crippen LogP contribution in [0.25, 0.3) is 0 Å². The Labute approximate surface area is 97.8 Å². The van der Waals surface area contributed by atoms with Crippen molar-refractivity contribution in [2.24, 2.45) is 0 Å². The van der Waals surface area contributed by atoms with Crippen molar-refractivity contribution in [2.45, 2.75) is 26.7 Å². The molecule has 0 aromatic heterocycles. The molecule has 0 unspecified atom stereocenters. The van der Waals surface area contributed by atoms with Crippen molar-refractivity contribution in [1.29, 1.82) is 5.26 Å². The molecule has 2 heteroatoms. The van der Waals surface area contributed by atoms with E-state index in [1.165, 1.54) is 5.56 Å². The van der Waals surface area contributed by atoms with E-state index in [0.29, 0.717) is 6.42 Å². The molecule has 0 fully saturated rings. The molecule has 0 aliphatic heterocycles. The van der Waals surface area contributed by atoms with E-state index in [4.69, 9.17) is 5.26 Å². The molecule has 0 bridgehead atoms. The Morgan fingerprint density at radius 2 is 2.25 bits per heavy atom. The first kappa shape index (κ1) is 12.3. The Kier molecular flexibility index (Phi) is 4.60. The highest BCUT2D eigenvalue weighted by Crippen LogP contribution is 2.21. The van der Waals surface area contributed by atoms with Crippen LogP contribution in [0.15, 0.2) is 36.5 Å². The Hall–Kier alpha value is -1.75. The summed E-state index contributed by atoms with van der Waals surface area (Å²) < 4.78 is 0. The predicted molar refractivity (Wildman–Crippen MR) is 68.2 cm³/mol. The van der Waals surface area contributed by atoms with E-state index in [2.05, 4.69) is 49.6 Å². The fraction of sp³-hybridized carbons (Fsp3) is 0.357. The first-order chi connectivity index (χ1) is 7.69. The van der Waals surface area contributed by atoms with Gasteiger partial charge in [-0.3, -0.25) is 0 Å². The zero-order chi connectivity index (χ0) is 12.0. The number of nitriles is 1. The van der Waals surface area contributed by atoms with Crippen LogP contribution in [0.1, 0.15) is 25.3 Å². The van der Waals surface area contributed by atoms with Crippen LogP contribution in [-0.4, -0.2) is 6.54 Å². The van der Waals surface area contributed by atoms with Crippen LogP contribution >= 0.6 is 0 Å². The third-order valence-electron chi connectivity index (χ3n) is 2.54. The molecule has 16 heavy (non-hydrogen) atoms. The molecular formula is C14H18N2. The number of hydrogen-bond acceptors (Lipinski definition) is 2. The summed E-state index contributed by atoms with van der Waals surface area (Å²) in [6.07, 6.45) is 1.26. The van der Waals surface area contributed by atoms with Gasteiger partial charge in [-0.25, -0.2) is 0 Å². The van der Waals surface area contributed by atoms with Gasteiger partial charge in [-0.1, -0.05) is 18.7 Å². The molecule has 1 aromatic rings. The molecule has 0 spiro atoms. The molecule has 0 amide bonds. The first-order valence-corrected chi connectivity index (χ1v) is 5.58. The number of allylic oxidation sites excluding steroid dienone is 1. The predicted octanol–water partition coefficient (Wildman–Crippen LogP) is 3.64. The van der Waals surface area contributed by atoms with Crippen molar-refractivity contribution in [3.8, 4) is 6.07 Å². The normalized spacial score (nSPS) is 9.56. The minimum atomic E-state index is 0.529. The molecule has 0 aliphatic rings. The van der Waals surface area contributed by atoms with Crippen molar-refractivity contribution in [1.82, 2.24) is 0 Å². The minimum Gasteiger partial charge on any atom is -0.346 e. The van der Waals surface area contributed by atoms with E-state index in [9.17, 15) is 0 Å². The number of benzene rings is 1. The topological polar surface area (TPSA) is 27.0 Å². The van der Waals surface area contributed by atoms with Crippen LogP contribution in [0.5, 0.6) is 0 Å². The molecule has 0 aliphatic carbocycles. The standard InChI is InChI=1S/C14H18N2/c1-4-16(13(3)8-6-10-15)14-9-5-7-12(2)11-14/h5,7,9,11H,3-4,6,8H2,1-2H3. The van der Waals surface area contributed by atoms with Gasteiger partial charge in [0.1, 0.15) is 0 Å². The lowest BCUT2D eigenvalue weighted by atomic mass is 10.1. The Morgan fingerprint density at radius 1 is 1.50 bits per heavy atom. The molecule has 0 heterocycles. The van der Waals surface area contributed by atoms with Gasteiger partial charge in [0, 0.05) is 30.8 Å². The van der Waals surface area contributed by atoms with Crippen LogP contribution < -0.4 is 4.90 Å². The molecule has 0 atom stereocenters. The maximum absolute atomic E-state index is 8.57. The van der Waals surface area contributed by atoms with Crippen molar-refractivity contribution in [3.63, 3.8) is 0 Å². The number of anilines is 1. The van der Waals surface area contributed by atoms with Crippen molar-refractivity contribution >= 4 is 5.69 Å². The molecule has 1 rings (SSSR count). The average molecular weight is 214 g/mol. The smallest absolute Gasteiger partial charge is 0.0625 e. The van der Waals surface area contributed by atoms with Gasteiger partial charge in [-0.15, -0.1) is 0 Å². The third-order valence-corrected chi connectivity index (χ3v) is 2.54. The van der Waals surface area contributed by atoms with E-state index in [-0.39, 0.29) is 0 Å². The molecular weight excluding hydrogens is 196 g/mol. The second-order valence-corrected chi connectivity index (χ2v) is 3.81. The summed E-state index contributed by atoms with van der Waals surface area (Å²) in [6.45, 7) is 9.10. The Morgan fingerprint density at radius 3 is 2.81 bits per heavy atom. The van der Waals surface area contributed by atoms with Gasteiger partial charge in [0.25, 0.3) is 0 Å². The van der Waals surface area contributed by atoms with Gasteiger partial charge in [0.2, 0.25) is 0 Å². The SMILES string of the molecule is C=C(CCC#N)N(CC)c1cccc(C)c1. The molecule has 84 valence electrons. The fourth-order valence-corrected chi connectivity index (χ4v) is 1.72. The largest absolute Gasteiger partial charge is 0.346 e. The van der Waals surface area contributed by atoms with Crippen LogP contribution in [0.3, 0.4) is 0 Å². The summed E-state index contributed by atoms with van der Waals surface area (Å²) in [6, 6.07) is 10.5. The van der Waals surface area contributed by atoms with Gasteiger partial charge < -0.3 is 4.90 Å². The Bertz CT molecular complexity index is 401. The maximum Gasteiger partial charge on any atom is 0.0625 e. The highest BCUT2D eigenvalue weighted by Gasteiger charge is 2.07. The maximum atomic E-state index is 8.57. The number of aryl methyl sites for hydroxylation is 1. The molecule has 1 aromatic carbocycles. The summed E-state index contributed by atoms with van der Waals surface area (Å²) in [5, 5.41) is 8.57. The van der Waals surface area contributed by atoms with Crippen molar-refractivity contribution < 1.29 is 0 Å². The number of rotatable bonds is 5. The lowest BCUT2D eigenvalue weighted by molar-refractivity contribution is 0.865. The molecule has 2 nitrogen and oxygen atoms in total. The Balaban J connectivity index is 2.82. The van der Waals surface area contributed by atoms with Gasteiger partial charge in [0.05, 0.1) is 6.07 Å². The second-order valence-electron chi connectivity index (χ2n) is 3.81. The quantitative estimate of drug-likeness (QED) is 0.748. The molecule has 0 saturated heterocycles. The summed E-state index contributed by atoms with van der Waals surface area (Å²) in [7, 11) is 0. The summed E-state index contributed by atoms with van der Waals surface area (Å²) in [4.78, 5) is 2.16. The molecule has 0 radical (unpaired) electrons. The fourth-order valence-electron chi connectivity index (χ4n) is 1.72. The highest BCUT2D eigenvalue weighted by molar-refractivity contribution is 5.53. The summed E-state index contributed by atoms with van der Waals surface area (Å²) in [5.74, 6) is 0. The van der Waals surface area contributed by atoms with Gasteiger partial charge in [-0.2, -0.15) is 5.26 Å². The van der Waals surface area contributed by atoms with E-state index in [1.807, 2.05) is 6.07 Å². The van der Waals surface area contributed by atoms with E-state index in [1.54, 1.807) is 0 Å². The zero-order valence-corrected chi connectivity index (χ0v) is 10.0. The van der Waals surface area contributed by atoms with Crippen molar-refractivity contribution in [2.75, 3.05) is 11.4 Å². The summed E-state index contributed by atoms with van der Waals surface area (Å²) in [5.41, 5.74) is 3.41. The van der Waals surface area contributed by atoms with Gasteiger partial charge in [-0.05, 0) is 31.5 Å². The van der Waals surface area contributed by atoms with Crippen molar-refractivity contribution in [3.05, 3.63) is 42.1 Å². The van der Waals surface area contributed by atoms with Crippen LogP contribution in [0.2, 0.25) is 0 Å². The number of hydrogen-bond donors (Lipinski definition) is 0.